The molecule has 0 radical (unpaired) electrons. The molecule has 2 unspecified atom stereocenters. The van der Waals surface area contributed by atoms with Gasteiger partial charge >= 0.3 is 5.97 Å². The minimum Gasteiger partial charge on any atom is -0.480 e. The molecule has 1 saturated heterocycles. The van der Waals surface area contributed by atoms with Gasteiger partial charge in [-0.05, 0) is 0 Å². The molecule has 0 spiro atoms. The molecule has 1 rings (SSSR count). The molecule has 1 aliphatic rings. The molecular weight excluding hydrogens is 284 g/mol. The van der Waals surface area contributed by atoms with Crippen molar-refractivity contribution in [2.45, 2.75) is 30.6 Å². The first-order chi connectivity index (χ1) is 8.49. The zero-order valence-electron chi connectivity index (χ0n) is 9.60. The Morgan fingerprint density at radius 3 is 2.61 bits per heavy atom. The van der Waals surface area contributed by atoms with Crippen LogP contribution in [0.4, 0.5) is 8.78 Å². The monoisotopic (exact) mass is 299 g/mol. The van der Waals surface area contributed by atoms with Crippen LogP contribution in [0.1, 0.15) is 12.8 Å². The summed E-state index contributed by atoms with van der Waals surface area (Å²) < 4.78 is 24.3. The summed E-state index contributed by atoms with van der Waals surface area (Å²) in [5.41, 5.74) is 0. The van der Waals surface area contributed by atoms with E-state index in [0.29, 0.717) is 0 Å². The van der Waals surface area contributed by atoms with Crippen molar-refractivity contribution in [3.8, 4) is 0 Å². The summed E-state index contributed by atoms with van der Waals surface area (Å²) in [7, 11) is 0. The predicted octanol–water partition coefficient (Wildman–Crippen LogP) is 1.45. The first-order valence-corrected chi connectivity index (χ1v) is 7.69. The quantitative estimate of drug-likeness (QED) is 0.777. The van der Waals surface area contributed by atoms with Gasteiger partial charge in [-0.25, -0.2) is 13.6 Å². The number of halogens is 2. The van der Waals surface area contributed by atoms with E-state index >= 15 is 0 Å². The number of nitrogens with one attached hydrogen (secondary N) is 1. The highest BCUT2D eigenvalue weighted by Gasteiger charge is 2.25. The number of hydrogen-bond acceptors (Lipinski definition) is 4. The van der Waals surface area contributed by atoms with Crippen molar-refractivity contribution in [3.63, 3.8) is 0 Å². The van der Waals surface area contributed by atoms with Crippen LogP contribution in [0.5, 0.6) is 0 Å². The minimum atomic E-state index is -2.74. The summed E-state index contributed by atoms with van der Waals surface area (Å²) in [4.78, 5) is 22.3. The van der Waals surface area contributed by atoms with Crippen LogP contribution in [0.25, 0.3) is 0 Å². The van der Waals surface area contributed by atoms with E-state index < -0.39 is 30.8 Å². The van der Waals surface area contributed by atoms with Crippen molar-refractivity contribution in [2.24, 2.45) is 0 Å². The van der Waals surface area contributed by atoms with Gasteiger partial charge in [0.15, 0.2) is 0 Å². The lowest BCUT2D eigenvalue weighted by Gasteiger charge is -2.21. The highest BCUT2D eigenvalue weighted by Crippen LogP contribution is 2.26. The number of thioether (sulfide) groups is 2. The fourth-order valence-corrected chi connectivity index (χ4v) is 4.19. The molecule has 2 atom stereocenters. The van der Waals surface area contributed by atoms with Gasteiger partial charge in [0, 0.05) is 35.4 Å². The second-order valence-corrected chi connectivity index (χ2v) is 6.42. The molecular formula is C10H15F2NO3S2. The maximum absolute atomic E-state index is 12.1. The first-order valence-electron chi connectivity index (χ1n) is 5.48. The third-order valence-electron chi connectivity index (χ3n) is 2.35. The number of aliphatic carboxylic acids is 1. The number of amides is 1. The Morgan fingerprint density at radius 1 is 1.39 bits per heavy atom. The normalized spacial score (nSPS) is 21.6. The third-order valence-corrected chi connectivity index (χ3v) is 5.19. The van der Waals surface area contributed by atoms with Crippen LogP contribution in [0.2, 0.25) is 0 Å². The standard InChI is InChI=1S/C10H15F2NO3S2/c11-8(12)4-7(10(15)16)13-9(14)3-6-5-17-1-2-18-6/h6-8H,1-5H2,(H,13,14)(H,15,16). The zero-order chi connectivity index (χ0) is 13.5. The lowest BCUT2D eigenvalue weighted by Crippen LogP contribution is -2.43. The SMILES string of the molecule is O=C(CC1CSCCS1)NC(CC(F)F)C(=O)O. The van der Waals surface area contributed by atoms with Crippen LogP contribution in [-0.2, 0) is 9.59 Å². The molecule has 1 aliphatic heterocycles. The number of carboxylic acids is 1. The largest absolute Gasteiger partial charge is 0.480 e. The Balaban J connectivity index is 2.37. The minimum absolute atomic E-state index is 0.143. The van der Waals surface area contributed by atoms with Gasteiger partial charge in [0.1, 0.15) is 6.04 Å². The van der Waals surface area contributed by atoms with Crippen LogP contribution >= 0.6 is 23.5 Å². The number of hydrogen-bond donors (Lipinski definition) is 2. The van der Waals surface area contributed by atoms with E-state index in [-0.39, 0.29) is 11.7 Å². The number of carboxylic acid groups (broad SMARTS) is 1. The fourth-order valence-electron chi connectivity index (χ4n) is 1.51. The second kappa shape index (κ2) is 7.83. The van der Waals surface area contributed by atoms with Crippen LogP contribution < -0.4 is 5.32 Å². The molecule has 0 aromatic heterocycles. The van der Waals surface area contributed by atoms with Crippen molar-refractivity contribution in [1.29, 1.82) is 0 Å². The predicted molar refractivity (Wildman–Crippen MR) is 68.4 cm³/mol. The average molecular weight is 299 g/mol. The van der Waals surface area contributed by atoms with Crippen LogP contribution in [-0.4, -0.2) is 52.0 Å². The maximum atomic E-state index is 12.1. The Kier molecular flexibility index (Phi) is 6.77. The molecule has 8 heteroatoms. The Morgan fingerprint density at radius 2 is 2.11 bits per heavy atom. The van der Waals surface area contributed by atoms with E-state index in [0.717, 1.165) is 17.3 Å². The Labute approximate surface area is 112 Å². The summed E-state index contributed by atoms with van der Waals surface area (Å²) >= 11 is 3.41. The van der Waals surface area contributed by atoms with Crippen LogP contribution in [0, 0.1) is 0 Å². The second-order valence-electron chi connectivity index (χ2n) is 3.86. The van der Waals surface area contributed by atoms with Gasteiger partial charge in [0.2, 0.25) is 12.3 Å². The summed E-state index contributed by atoms with van der Waals surface area (Å²) in [6.07, 6.45) is -3.41. The average Bonchev–Trinajstić information content (AvgIpc) is 2.28. The Bertz CT molecular complexity index is 299. The van der Waals surface area contributed by atoms with Crippen LogP contribution in [0.15, 0.2) is 0 Å². The molecule has 0 aliphatic carbocycles. The van der Waals surface area contributed by atoms with Gasteiger partial charge in [0.05, 0.1) is 0 Å². The van der Waals surface area contributed by atoms with Crippen molar-refractivity contribution < 1.29 is 23.5 Å². The van der Waals surface area contributed by atoms with E-state index in [1.165, 1.54) is 0 Å². The number of carbonyl (C=O) groups is 2. The summed E-state index contributed by atoms with van der Waals surface area (Å²) in [5, 5.41) is 11.0. The van der Waals surface area contributed by atoms with E-state index in [2.05, 4.69) is 5.32 Å². The van der Waals surface area contributed by atoms with E-state index in [4.69, 9.17) is 5.11 Å². The molecule has 104 valence electrons. The Hall–Kier alpha value is -0.500. The van der Waals surface area contributed by atoms with Gasteiger partial charge < -0.3 is 10.4 Å². The molecule has 4 nitrogen and oxygen atoms in total. The lowest BCUT2D eigenvalue weighted by molar-refractivity contribution is -0.143. The summed E-state index contributed by atoms with van der Waals surface area (Å²) in [6, 6.07) is -1.50. The van der Waals surface area contributed by atoms with E-state index in [1.807, 2.05) is 0 Å². The first kappa shape index (κ1) is 15.6. The summed E-state index contributed by atoms with van der Waals surface area (Å²) in [6.45, 7) is 0. The van der Waals surface area contributed by atoms with Crippen molar-refractivity contribution in [2.75, 3.05) is 17.3 Å². The smallest absolute Gasteiger partial charge is 0.326 e. The molecule has 1 heterocycles. The molecule has 1 amide bonds. The van der Waals surface area contributed by atoms with Crippen molar-refractivity contribution in [3.05, 3.63) is 0 Å². The molecule has 0 aromatic carbocycles. The molecule has 0 saturated carbocycles. The number of rotatable bonds is 6. The highest BCUT2D eigenvalue weighted by molar-refractivity contribution is 8.06. The lowest BCUT2D eigenvalue weighted by atomic mass is 10.2. The van der Waals surface area contributed by atoms with E-state index in [1.54, 1.807) is 23.5 Å². The third kappa shape index (κ3) is 5.90. The molecule has 2 N–H and O–H groups in total. The molecule has 0 aromatic rings. The summed E-state index contributed by atoms with van der Waals surface area (Å²) in [5.74, 6) is 0.955. The van der Waals surface area contributed by atoms with Gasteiger partial charge in [-0.15, -0.1) is 0 Å². The van der Waals surface area contributed by atoms with Crippen molar-refractivity contribution in [1.82, 2.24) is 5.32 Å². The molecule has 1 fully saturated rings. The molecule has 0 bridgehead atoms. The van der Waals surface area contributed by atoms with Gasteiger partial charge in [-0.3, -0.25) is 4.79 Å². The van der Waals surface area contributed by atoms with Gasteiger partial charge in [-0.1, -0.05) is 0 Å². The zero-order valence-corrected chi connectivity index (χ0v) is 11.2. The van der Waals surface area contributed by atoms with Gasteiger partial charge in [0.25, 0.3) is 0 Å². The van der Waals surface area contributed by atoms with Crippen LogP contribution in [0.3, 0.4) is 0 Å². The van der Waals surface area contributed by atoms with Gasteiger partial charge in [-0.2, -0.15) is 23.5 Å². The fraction of sp³-hybridized carbons (Fsp3) is 0.800. The number of alkyl halides is 2. The van der Waals surface area contributed by atoms with Crippen molar-refractivity contribution >= 4 is 35.4 Å². The van der Waals surface area contributed by atoms with E-state index in [9.17, 15) is 18.4 Å². The number of carbonyl (C=O) groups excluding carboxylic acids is 1. The molecule has 18 heavy (non-hydrogen) atoms. The highest BCUT2D eigenvalue weighted by atomic mass is 32.2. The maximum Gasteiger partial charge on any atom is 0.326 e. The topological polar surface area (TPSA) is 66.4 Å².